The van der Waals surface area contributed by atoms with Crippen LogP contribution >= 0.6 is 11.3 Å². The molecule has 0 atom stereocenters. The molecule has 0 N–H and O–H groups in total. The number of hydrogen-bond acceptors (Lipinski definition) is 3. The topological polar surface area (TPSA) is 20.3 Å². The maximum Gasteiger partial charge on any atom is 0.120 e. The van der Waals surface area contributed by atoms with E-state index in [1.54, 1.807) is 0 Å². The summed E-state index contributed by atoms with van der Waals surface area (Å²) in [6.45, 7) is 2.24. The lowest BCUT2D eigenvalue weighted by molar-refractivity contribution is -0.107. The molecule has 0 unspecified atom stereocenters. The molecule has 1 aromatic rings. The highest BCUT2D eigenvalue weighted by Crippen LogP contribution is 2.28. The Labute approximate surface area is 88.5 Å². The van der Waals surface area contributed by atoms with E-state index in [-0.39, 0.29) is 0 Å². The Balaban J connectivity index is 2.11. The van der Waals surface area contributed by atoms with Crippen molar-refractivity contribution in [2.75, 3.05) is 13.6 Å². The van der Waals surface area contributed by atoms with E-state index in [2.05, 4.69) is 18.0 Å². The van der Waals surface area contributed by atoms with Gasteiger partial charge in [0.05, 0.1) is 0 Å². The molecule has 0 saturated carbocycles. The van der Waals surface area contributed by atoms with Crippen molar-refractivity contribution in [3.05, 3.63) is 21.4 Å². The van der Waals surface area contributed by atoms with Crippen LogP contribution in [0, 0.1) is 0 Å². The zero-order valence-electron chi connectivity index (χ0n) is 8.45. The normalized spacial score (nSPS) is 16.6. The molecular formula is C11H15NOS. The molecule has 2 rings (SSSR count). The van der Waals surface area contributed by atoms with E-state index in [0.717, 1.165) is 19.3 Å². The van der Waals surface area contributed by atoms with Crippen molar-refractivity contribution in [2.45, 2.75) is 25.8 Å². The first kappa shape index (κ1) is 9.87. The number of likely N-dealkylation sites (N-methyl/N-ethyl adjacent to an activating group) is 1. The van der Waals surface area contributed by atoms with E-state index >= 15 is 0 Å². The van der Waals surface area contributed by atoms with Gasteiger partial charge in [0, 0.05) is 29.3 Å². The first-order valence-electron chi connectivity index (χ1n) is 5.02. The Bertz CT molecular complexity index is 332. The fourth-order valence-corrected chi connectivity index (χ4v) is 3.05. The molecule has 0 bridgehead atoms. The van der Waals surface area contributed by atoms with Crippen LogP contribution in [0.4, 0.5) is 0 Å². The van der Waals surface area contributed by atoms with Gasteiger partial charge in [-0.25, -0.2) is 0 Å². The van der Waals surface area contributed by atoms with Crippen molar-refractivity contribution in [1.29, 1.82) is 0 Å². The summed E-state index contributed by atoms with van der Waals surface area (Å²) in [6.07, 6.45) is 3.77. The zero-order chi connectivity index (χ0) is 9.97. The van der Waals surface area contributed by atoms with Gasteiger partial charge in [0.2, 0.25) is 0 Å². The lowest BCUT2D eigenvalue weighted by atomic mass is 10.1. The molecule has 0 radical (unpaired) electrons. The summed E-state index contributed by atoms with van der Waals surface area (Å²) in [7, 11) is 2.16. The van der Waals surface area contributed by atoms with E-state index in [1.165, 1.54) is 28.3 Å². The lowest BCUT2D eigenvalue weighted by Crippen LogP contribution is -2.25. The zero-order valence-corrected chi connectivity index (χ0v) is 9.27. The lowest BCUT2D eigenvalue weighted by Gasteiger charge is -2.21. The van der Waals surface area contributed by atoms with Crippen LogP contribution in [-0.2, 0) is 24.2 Å². The van der Waals surface area contributed by atoms with Crippen LogP contribution in [-0.4, -0.2) is 24.8 Å². The number of rotatable bonds is 3. The van der Waals surface area contributed by atoms with E-state index in [0.29, 0.717) is 6.42 Å². The summed E-state index contributed by atoms with van der Waals surface area (Å²) in [5.74, 6) is 0. The van der Waals surface area contributed by atoms with Gasteiger partial charge in [-0.3, -0.25) is 0 Å². The standard InChI is InChI=1S/C11H15NOS/c1-12-5-4-11-9(8-12)7-10(14-11)3-2-6-13/h6-7H,2-5,8H2,1H3. The predicted molar refractivity (Wildman–Crippen MR) is 58.7 cm³/mol. The van der Waals surface area contributed by atoms with Gasteiger partial charge in [-0.2, -0.15) is 0 Å². The van der Waals surface area contributed by atoms with Crippen LogP contribution in [0.15, 0.2) is 6.07 Å². The van der Waals surface area contributed by atoms with Gasteiger partial charge in [0.15, 0.2) is 0 Å². The molecule has 0 saturated heterocycles. The highest BCUT2D eigenvalue weighted by molar-refractivity contribution is 7.12. The first-order chi connectivity index (χ1) is 6.79. The van der Waals surface area contributed by atoms with Crippen LogP contribution < -0.4 is 0 Å². The maximum absolute atomic E-state index is 10.3. The van der Waals surface area contributed by atoms with Crippen LogP contribution in [0.5, 0.6) is 0 Å². The molecule has 2 nitrogen and oxygen atoms in total. The third-order valence-electron chi connectivity index (χ3n) is 2.62. The van der Waals surface area contributed by atoms with E-state index in [4.69, 9.17) is 0 Å². The monoisotopic (exact) mass is 209 g/mol. The number of carbonyl (C=O) groups is 1. The second kappa shape index (κ2) is 4.24. The average molecular weight is 209 g/mol. The fraction of sp³-hybridized carbons (Fsp3) is 0.545. The molecule has 0 fully saturated rings. The van der Waals surface area contributed by atoms with Gasteiger partial charge in [-0.05, 0) is 31.5 Å². The van der Waals surface area contributed by atoms with Gasteiger partial charge in [-0.15, -0.1) is 11.3 Å². The molecule has 2 heterocycles. The van der Waals surface area contributed by atoms with Crippen molar-refractivity contribution in [1.82, 2.24) is 4.90 Å². The highest BCUT2D eigenvalue weighted by atomic mass is 32.1. The smallest absolute Gasteiger partial charge is 0.120 e. The Morgan fingerprint density at radius 3 is 3.29 bits per heavy atom. The molecule has 0 aliphatic carbocycles. The van der Waals surface area contributed by atoms with Crippen LogP contribution in [0.2, 0.25) is 0 Å². The van der Waals surface area contributed by atoms with Gasteiger partial charge >= 0.3 is 0 Å². The summed E-state index contributed by atoms with van der Waals surface area (Å²) in [4.78, 5) is 15.5. The maximum atomic E-state index is 10.3. The summed E-state index contributed by atoms with van der Waals surface area (Å²) in [6, 6.07) is 2.28. The van der Waals surface area contributed by atoms with E-state index in [1.807, 2.05) is 11.3 Å². The van der Waals surface area contributed by atoms with Gasteiger partial charge in [-0.1, -0.05) is 0 Å². The Morgan fingerprint density at radius 2 is 2.50 bits per heavy atom. The minimum Gasteiger partial charge on any atom is -0.303 e. The van der Waals surface area contributed by atoms with Gasteiger partial charge in [0.25, 0.3) is 0 Å². The van der Waals surface area contributed by atoms with Crippen molar-refractivity contribution >= 4 is 17.6 Å². The Kier molecular flexibility index (Phi) is 2.99. The predicted octanol–water partition coefficient (Wildman–Crippen LogP) is 1.87. The number of thiophene rings is 1. The largest absolute Gasteiger partial charge is 0.303 e. The molecular weight excluding hydrogens is 194 g/mol. The third-order valence-corrected chi connectivity index (χ3v) is 3.91. The van der Waals surface area contributed by atoms with Crippen molar-refractivity contribution in [3.63, 3.8) is 0 Å². The minimum absolute atomic E-state index is 0.662. The van der Waals surface area contributed by atoms with Gasteiger partial charge < -0.3 is 9.69 Å². The number of fused-ring (bicyclic) bond motifs is 1. The van der Waals surface area contributed by atoms with Crippen molar-refractivity contribution in [2.24, 2.45) is 0 Å². The fourth-order valence-electron chi connectivity index (χ4n) is 1.86. The second-order valence-corrected chi connectivity index (χ2v) is 5.08. The summed E-state index contributed by atoms with van der Waals surface area (Å²) < 4.78 is 0. The molecule has 76 valence electrons. The van der Waals surface area contributed by atoms with Crippen LogP contribution in [0.25, 0.3) is 0 Å². The van der Waals surface area contributed by atoms with E-state index in [9.17, 15) is 4.79 Å². The molecule has 0 amide bonds. The molecule has 14 heavy (non-hydrogen) atoms. The molecule has 3 heteroatoms. The second-order valence-electron chi connectivity index (χ2n) is 3.85. The molecule has 0 aromatic carbocycles. The van der Waals surface area contributed by atoms with Crippen LogP contribution in [0.3, 0.4) is 0 Å². The van der Waals surface area contributed by atoms with Crippen LogP contribution in [0.1, 0.15) is 21.7 Å². The summed E-state index contributed by atoms with van der Waals surface area (Å²) >= 11 is 1.89. The van der Waals surface area contributed by atoms with Crippen molar-refractivity contribution < 1.29 is 4.79 Å². The van der Waals surface area contributed by atoms with Gasteiger partial charge in [0.1, 0.15) is 6.29 Å². The summed E-state index contributed by atoms with van der Waals surface area (Å²) in [5, 5.41) is 0. The SMILES string of the molecule is CN1CCc2sc(CCC=O)cc2C1. The molecule has 1 aliphatic rings. The average Bonchev–Trinajstić information content (AvgIpc) is 2.56. The number of hydrogen-bond donors (Lipinski definition) is 0. The quantitative estimate of drug-likeness (QED) is 0.708. The first-order valence-corrected chi connectivity index (χ1v) is 5.84. The number of aryl methyl sites for hydroxylation is 1. The van der Waals surface area contributed by atoms with E-state index < -0.39 is 0 Å². The highest BCUT2D eigenvalue weighted by Gasteiger charge is 2.15. The summed E-state index contributed by atoms with van der Waals surface area (Å²) in [5.41, 5.74) is 1.48. The molecule has 0 spiro atoms. The van der Waals surface area contributed by atoms with Crippen molar-refractivity contribution in [3.8, 4) is 0 Å². The minimum atomic E-state index is 0.662. The Hall–Kier alpha value is -0.670. The number of aldehydes is 1. The number of nitrogens with zero attached hydrogens (tertiary/aromatic N) is 1. The Morgan fingerprint density at radius 1 is 1.64 bits per heavy atom. The molecule has 1 aliphatic heterocycles. The number of carbonyl (C=O) groups excluding carboxylic acids is 1. The third kappa shape index (κ3) is 2.04. The molecule has 1 aromatic heterocycles.